The van der Waals surface area contributed by atoms with Crippen LogP contribution >= 0.6 is 0 Å². The van der Waals surface area contributed by atoms with Crippen LogP contribution in [0.5, 0.6) is 0 Å². The van der Waals surface area contributed by atoms with Crippen molar-refractivity contribution in [2.75, 3.05) is 5.32 Å². The van der Waals surface area contributed by atoms with Crippen LogP contribution in [-0.2, 0) is 5.60 Å². The van der Waals surface area contributed by atoms with Gasteiger partial charge in [0.2, 0.25) is 0 Å². The number of anilines is 1. The number of pyridine rings is 1. The molecule has 0 aliphatic heterocycles. The van der Waals surface area contributed by atoms with Crippen LogP contribution in [0.15, 0.2) is 36.7 Å². The number of hydrogen-bond acceptors (Lipinski definition) is 3. The number of nitrogens with one attached hydrogen (secondary N) is 2. The fraction of sp³-hybridized carbons (Fsp3) is 0.438. The van der Waals surface area contributed by atoms with E-state index < -0.39 is 5.60 Å². The van der Waals surface area contributed by atoms with Crippen LogP contribution in [0.3, 0.4) is 0 Å². The van der Waals surface area contributed by atoms with E-state index in [-0.39, 0.29) is 0 Å². The molecular weight excluding hydrogens is 250 g/mol. The predicted molar refractivity (Wildman–Crippen MR) is 79.5 cm³/mol. The van der Waals surface area contributed by atoms with E-state index in [0.29, 0.717) is 6.04 Å². The van der Waals surface area contributed by atoms with Crippen molar-refractivity contribution < 1.29 is 5.11 Å². The average Bonchev–Trinajstić information content (AvgIpc) is 2.88. The highest BCUT2D eigenvalue weighted by atomic mass is 16.3. The van der Waals surface area contributed by atoms with E-state index in [1.165, 1.54) is 0 Å². The molecule has 1 aliphatic rings. The lowest BCUT2D eigenvalue weighted by molar-refractivity contribution is -0.00725. The van der Waals surface area contributed by atoms with Gasteiger partial charge >= 0.3 is 0 Å². The number of aryl methyl sites for hydroxylation is 1. The Hall–Kier alpha value is -1.81. The summed E-state index contributed by atoms with van der Waals surface area (Å²) in [6.45, 7) is 2.05. The van der Waals surface area contributed by atoms with Crippen LogP contribution in [0.25, 0.3) is 0 Å². The first-order chi connectivity index (χ1) is 9.66. The second-order valence-corrected chi connectivity index (χ2v) is 5.74. The minimum absolute atomic E-state index is 0.425. The SMILES string of the molecule is Cc1cc(NC2CCC(O)(c3ccccn3)CC2)c[nH]1. The second kappa shape index (κ2) is 5.29. The van der Waals surface area contributed by atoms with Gasteiger partial charge in [-0.25, -0.2) is 0 Å². The summed E-state index contributed by atoms with van der Waals surface area (Å²) in [6, 6.07) is 8.28. The molecule has 2 aromatic rings. The third-order valence-electron chi connectivity index (χ3n) is 4.15. The van der Waals surface area contributed by atoms with E-state index in [9.17, 15) is 5.11 Å². The molecule has 2 heterocycles. The Morgan fingerprint density at radius 1 is 1.35 bits per heavy atom. The molecule has 1 aliphatic carbocycles. The lowest BCUT2D eigenvalue weighted by Crippen LogP contribution is -2.36. The van der Waals surface area contributed by atoms with Gasteiger partial charge in [0.05, 0.1) is 11.4 Å². The summed E-state index contributed by atoms with van der Waals surface area (Å²) >= 11 is 0. The molecule has 0 spiro atoms. The quantitative estimate of drug-likeness (QED) is 0.804. The molecule has 20 heavy (non-hydrogen) atoms. The van der Waals surface area contributed by atoms with Gasteiger partial charge in [0.25, 0.3) is 0 Å². The van der Waals surface area contributed by atoms with Crippen molar-refractivity contribution >= 4 is 5.69 Å². The zero-order chi connectivity index (χ0) is 14.0. The average molecular weight is 271 g/mol. The Kier molecular flexibility index (Phi) is 3.49. The molecule has 2 aromatic heterocycles. The first-order valence-corrected chi connectivity index (χ1v) is 7.21. The summed E-state index contributed by atoms with van der Waals surface area (Å²) in [5.74, 6) is 0. The van der Waals surface area contributed by atoms with Gasteiger partial charge in [0.15, 0.2) is 0 Å². The molecule has 4 heteroatoms. The number of nitrogens with zero attached hydrogens (tertiary/aromatic N) is 1. The smallest absolute Gasteiger partial charge is 0.107 e. The van der Waals surface area contributed by atoms with Gasteiger partial charge in [-0.1, -0.05) is 6.07 Å². The topological polar surface area (TPSA) is 60.9 Å². The van der Waals surface area contributed by atoms with Crippen molar-refractivity contribution in [3.05, 3.63) is 48.0 Å². The van der Waals surface area contributed by atoms with Crippen LogP contribution in [0.2, 0.25) is 0 Å². The Morgan fingerprint density at radius 2 is 2.15 bits per heavy atom. The van der Waals surface area contributed by atoms with Gasteiger partial charge in [0.1, 0.15) is 5.60 Å². The zero-order valence-corrected chi connectivity index (χ0v) is 11.8. The maximum Gasteiger partial charge on any atom is 0.107 e. The van der Waals surface area contributed by atoms with Crippen molar-refractivity contribution in [3.8, 4) is 0 Å². The fourth-order valence-corrected chi connectivity index (χ4v) is 2.96. The Bertz CT molecular complexity index is 556. The summed E-state index contributed by atoms with van der Waals surface area (Å²) in [6.07, 6.45) is 7.17. The van der Waals surface area contributed by atoms with Crippen LogP contribution in [0, 0.1) is 6.92 Å². The maximum atomic E-state index is 10.7. The normalized spacial score (nSPS) is 26.4. The van der Waals surface area contributed by atoms with E-state index in [0.717, 1.165) is 42.8 Å². The molecule has 4 nitrogen and oxygen atoms in total. The molecule has 0 bridgehead atoms. The van der Waals surface area contributed by atoms with E-state index in [4.69, 9.17) is 0 Å². The number of aromatic amines is 1. The summed E-state index contributed by atoms with van der Waals surface area (Å²) in [4.78, 5) is 7.49. The molecule has 0 unspecified atom stereocenters. The van der Waals surface area contributed by atoms with Crippen LogP contribution in [0.4, 0.5) is 5.69 Å². The van der Waals surface area contributed by atoms with E-state index in [1.807, 2.05) is 31.3 Å². The molecule has 0 amide bonds. The highest BCUT2D eigenvalue weighted by Crippen LogP contribution is 2.36. The third kappa shape index (κ3) is 2.70. The highest BCUT2D eigenvalue weighted by molar-refractivity contribution is 5.44. The molecule has 0 saturated heterocycles. The van der Waals surface area contributed by atoms with E-state index in [2.05, 4.69) is 21.4 Å². The standard InChI is InChI=1S/C16H21N3O/c1-12-10-14(11-18-12)19-13-5-7-16(20,8-6-13)15-4-2-3-9-17-15/h2-4,9-11,13,18-20H,5-8H2,1H3. The molecule has 3 N–H and O–H groups in total. The summed E-state index contributed by atoms with van der Waals surface area (Å²) < 4.78 is 0. The van der Waals surface area contributed by atoms with Crippen molar-refractivity contribution in [2.24, 2.45) is 0 Å². The van der Waals surface area contributed by atoms with Gasteiger partial charge < -0.3 is 15.4 Å². The number of rotatable bonds is 3. The van der Waals surface area contributed by atoms with Crippen molar-refractivity contribution in [2.45, 2.75) is 44.2 Å². The minimum Gasteiger partial charge on any atom is -0.384 e. The third-order valence-corrected chi connectivity index (χ3v) is 4.15. The van der Waals surface area contributed by atoms with Crippen molar-refractivity contribution in [3.63, 3.8) is 0 Å². The van der Waals surface area contributed by atoms with Gasteiger partial charge in [-0.15, -0.1) is 0 Å². The number of hydrogen-bond donors (Lipinski definition) is 3. The largest absolute Gasteiger partial charge is 0.384 e. The van der Waals surface area contributed by atoms with Crippen molar-refractivity contribution in [1.29, 1.82) is 0 Å². The van der Waals surface area contributed by atoms with Crippen LogP contribution in [0.1, 0.15) is 37.1 Å². The second-order valence-electron chi connectivity index (χ2n) is 5.74. The minimum atomic E-state index is -0.756. The molecule has 3 rings (SSSR count). The number of H-pyrrole nitrogens is 1. The van der Waals surface area contributed by atoms with Crippen molar-refractivity contribution in [1.82, 2.24) is 9.97 Å². The first-order valence-electron chi connectivity index (χ1n) is 7.21. The lowest BCUT2D eigenvalue weighted by Gasteiger charge is -2.36. The van der Waals surface area contributed by atoms with Gasteiger partial charge in [-0.3, -0.25) is 4.98 Å². The summed E-state index contributed by atoms with van der Waals surface area (Å²) in [7, 11) is 0. The van der Waals surface area contributed by atoms with E-state index >= 15 is 0 Å². The molecular formula is C16H21N3O. The molecule has 1 saturated carbocycles. The van der Waals surface area contributed by atoms with Crippen LogP contribution < -0.4 is 5.32 Å². The van der Waals surface area contributed by atoms with Gasteiger partial charge in [-0.05, 0) is 50.8 Å². The molecule has 0 radical (unpaired) electrons. The fourth-order valence-electron chi connectivity index (χ4n) is 2.96. The maximum absolute atomic E-state index is 10.7. The van der Waals surface area contributed by atoms with Crippen LogP contribution in [-0.4, -0.2) is 21.1 Å². The van der Waals surface area contributed by atoms with Gasteiger partial charge in [-0.2, -0.15) is 0 Å². The predicted octanol–water partition coefficient (Wildman–Crippen LogP) is 2.96. The van der Waals surface area contributed by atoms with E-state index in [1.54, 1.807) is 6.20 Å². The number of aliphatic hydroxyl groups is 1. The monoisotopic (exact) mass is 271 g/mol. The Morgan fingerprint density at radius 3 is 2.75 bits per heavy atom. The molecule has 1 fully saturated rings. The number of aromatic nitrogens is 2. The first kappa shape index (κ1) is 13.2. The van der Waals surface area contributed by atoms with Gasteiger partial charge in [0, 0.05) is 24.1 Å². The Labute approximate surface area is 119 Å². The molecule has 0 atom stereocenters. The summed E-state index contributed by atoms with van der Waals surface area (Å²) in [5, 5.41) is 14.3. The highest BCUT2D eigenvalue weighted by Gasteiger charge is 2.35. The Balaban J connectivity index is 1.62. The summed E-state index contributed by atoms with van der Waals surface area (Å²) in [5.41, 5.74) is 2.34. The lowest BCUT2D eigenvalue weighted by atomic mass is 9.80. The molecule has 0 aromatic carbocycles. The molecule has 106 valence electrons. The zero-order valence-electron chi connectivity index (χ0n) is 11.8.